The van der Waals surface area contributed by atoms with Crippen LogP contribution >= 0.6 is 15.9 Å². The van der Waals surface area contributed by atoms with Crippen molar-refractivity contribution in [3.8, 4) is 0 Å². The van der Waals surface area contributed by atoms with E-state index in [-0.39, 0.29) is 11.5 Å². The van der Waals surface area contributed by atoms with Crippen LogP contribution in [0, 0.1) is 0 Å². The number of fused-ring (bicyclic) bond motifs is 4. The maximum absolute atomic E-state index is 12.4. The predicted molar refractivity (Wildman–Crippen MR) is 364 cm³/mol. The van der Waals surface area contributed by atoms with Gasteiger partial charge in [-0.25, -0.2) is 19.7 Å². The zero-order chi connectivity index (χ0) is 63.2. The number of unbranched alkanes of at least 4 members (excludes halogenated alkanes) is 4. The van der Waals surface area contributed by atoms with Crippen LogP contribution in [0.2, 0.25) is 0 Å². The number of H-pyrrole nitrogens is 2. The Kier molecular flexibility index (Phi) is 23.9. The molecule has 25 nitrogen and oxygen atoms in total. The SMILES string of the molecule is CCCCNc1nc(N)c2[nH]c(=O)n(Cc3ccc(CC)cc3)c2n1.CCCCNc1nc(N)c2[nH]cnc2n1.CCCCNc1nc(N)c2nc(Br)n(Cc3ccc(CC)cc3)c2n1.CCCCNc1nc(N)c2ncn(Cc3ccc(CC)cc3)c2n1. The molecule has 0 saturated heterocycles. The van der Waals surface area contributed by atoms with E-state index in [1.54, 1.807) is 17.2 Å². The Labute approximate surface area is 526 Å². The molecule has 3 aromatic carbocycles. The largest absolute Gasteiger partial charge is 0.382 e. The second-order valence-electron chi connectivity index (χ2n) is 21.4. The van der Waals surface area contributed by atoms with E-state index < -0.39 is 0 Å². The van der Waals surface area contributed by atoms with Crippen LogP contribution in [0.4, 0.5) is 47.1 Å². The molecule has 0 aliphatic heterocycles. The van der Waals surface area contributed by atoms with Crippen LogP contribution in [-0.4, -0.2) is 105 Å². The molecular formula is C63H85BrN24O. The molecule has 0 atom stereocenters. The lowest BCUT2D eigenvalue weighted by atomic mass is 10.1. The van der Waals surface area contributed by atoms with Gasteiger partial charge in [0, 0.05) is 26.2 Å². The van der Waals surface area contributed by atoms with Gasteiger partial charge in [0.15, 0.2) is 56.1 Å². The number of imidazole rings is 4. The molecular weight excluding hydrogens is 1190 g/mol. The first kappa shape index (κ1) is 65.5. The number of aromatic amines is 2. The number of aryl methyl sites for hydroxylation is 3. The second kappa shape index (κ2) is 32.5. The van der Waals surface area contributed by atoms with Gasteiger partial charge in [0.1, 0.15) is 16.6 Å². The molecule has 14 N–H and O–H groups in total. The molecule has 470 valence electrons. The Morgan fingerprint density at radius 3 is 1.33 bits per heavy atom. The summed E-state index contributed by atoms with van der Waals surface area (Å²) in [4.78, 5) is 65.8. The molecule has 8 heterocycles. The number of rotatable bonds is 25. The van der Waals surface area contributed by atoms with Crippen LogP contribution in [0.25, 0.3) is 44.7 Å². The molecule has 11 rings (SSSR count). The highest BCUT2D eigenvalue weighted by Crippen LogP contribution is 2.26. The minimum Gasteiger partial charge on any atom is -0.382 e. The summed E-state index contributed by atoms with van der Waals surface area (Å²) in [6.07, 6.45) is 15.1. The third-order valence-electron chi connectivity index (χ3n) is 14.6. The average molecular weight is 1270 g/mol. The molecule has 89 heavy (non-hydrogen) atoms. The van der Waals surface area contributed by atoms with Crippen molar-refractivity contribution in [1.29, 1.82) is 0 Å². The van der Waals surface area contributed by atoms with Gasteiger partial charge in [-0.2, -0.15) is 39.9 Å². The van der Waals surface area contributed by atoms with Crippen molar-refractivity contribution >= 4 is 108 Å². The Morgan fingerprint density at radius 1 is 0.438 bits per heavy atom. The summed E-state index contributed by atoms with van der Waals surface area (Å²) in [7, 11) is 0. The molecule has 0 saturated carbocycles. The first-order chi connectivity index (χ1) is 43.3. The fourth-order valence-electron chi connectivity index (χ4n) is 9.30. The molecule has 0 spiro atoms. The zero-order valence-corrected chi connectivity index (χ0v) is 53.8. The number of nitrogens with zero attached hydrogens (tertiary/aromatic N) is 14. The zero-order valence-electron chi connectivity index (χ0n) is 52.2. The van der Waals surface area contributed by atoms with Crippen LogP contribution < -0.4 is 49.9 Å². The number of nitrogen functional groups attached to an aromatic ring is 4. The summed E-state index contributed by atoms with van der Waals surface area (Å²) in [5.41, 5.74) is 36.1. The molecule has 8 aromatic heterocycles. The van der Waals surface area contributed by atoms with Gasteiger partial charge in [0.2, 0.25) is 23.8 Å². The maximum atomic E-state index is 12.4. The van der Waals surface area contributed by atoms with Gasteiger partial charge >= 0.3 is 5.69 Å². The van der Waals surface area contributed by atoms with E-state index in [1.807, 2.05) is 21.3 Å². The number of halogens is 1. The van der Waals surface area contributed by atoms with E-state index in [2.05, 4.69) is 211 Å². The quantitative estimate of drug-likeness (QED) is 0.0188. The number of nitrogens with one attached hydrogen (secondary N) is 6. The van der Waals surface area contributed by atoms with Crippen molar-refractivity contribution in [2.45, 2.75) is 139 Å². The predicted octanol–water partition coefficient (Wildman–Crippen LogP) is 10.9. The number of benzene rings is 3. The van der Waals surface area contributed by atoms with Crippen LogP contribution in [0.5, 0.6) is 0 Å². The van der Waals surface area contributed by atoms with Crippen molar-refractivity contribution in [3.05, 3.63) is 134 Å². The smallest absolute Gasteiger partial charge is 0.328 e. The van der Waals surface area contributed by atoms with E-state index >= 15 is 0 Å². The lowest BCUT2D eigenvalue weighted by Gasteiger charge is -2.09. The van der Waals surface area contributed by atoms with E-state index in [0.29, 0.717) is 99.0 Å². The van der Waals surface area contributed by atoms with Gasteiger partial charge < -0.3 is 58.7 Å². The minimum absolute atomic E-state index is 0.235. The molecule has 0 aliphatic rings. The molecule has 0 radical (unpaired) electrons. The highest BCUT2D eigenvalue weighted by atomic mass is 79.9. The Hall–Kier alpha value is -9.46. The van der Waals surface area contributed by atoms with Gasteiger partial charge in [-0.3, -0.25) is 9.13 Å². The van der Waals surface area contributed by atoms with Crippen molar-refractivity contribution in [3.63, 3.8) is 0 Å². The molecule has 0 amide bonds. The van der Waals surface area contributed by atoms with Crippen molar-refractivity contribution in [2.75, 3.05) is 70.4 Å². The topological polar surface area (TPSA) is 357 Å². The molecule has 0 aliphatic carbocycles. The van der Waals surface area contributed by atoms with Gasteiger partial charge in [0.25, 0.3) is 0 Å². The monoisotopic (exact) mass is 1270 g/mol. The highest BCUT2D eigenvalue weighted by Gasteiger charge is 2.18. The number of nitrogens with two attached hydrogens (primary N) is 4. The second-order valence-corrected chi connectivity index (χ2v) is 22.1. The van der Waals surface area contributed by atoms with Gasteiger partial charge in [-0.15, -0.1) is 0 Å². The summed E-state index contributed by atoms with van der Waals surface area (Å²) in [5, 5.41) is 12.7. The van der Waals surface area contributed by atoms with Gasteiger partial charge in [-0.1, -0.05) is 147 Å². The van der Waals surface area contributed by atoms with E-state index in [0.717, 1.165) is 114 Å². The summed E-state index contributed by atoms with van der Waals surface area (Å²) in [6.45, 7) is 20.1. The van der Waals surface area contributed by atoms with Crippen molar-refractivity contribution in [1.82, 2.24) is 78.5 Å². The first-order valence-electron chi connectivity index (χ1n) is 30.8. The Morgan fingerprint density at radius 2 is 0.843 bits per heavy atom. The maximum Gasteiger partial charge on any atom is 0.328 e. The van der Waals surface area contributed by atoms with Crippen LogP contribution in [0.1, 0.15) is 133 Å². The van der Waals surface area contributed by atoms with Crippen LogP contribution in [0.15, 0.2) is 95.0 Å². The number of hydrogen-bond acceptors (Lipinski definition) is 20. The van der Waals surface area contributed by atoms with Gasteiger partial charge in [0.05, 0.1) is 32.3 Å². The fraction of sp³-hybridized carbons (Fsp3) is 0.397. The minimum atomic E-state index is -0.235. The average Bonchev–Trinajstić information content (AvgIpc) is 2.53. The van der Waals surface area contributed by atoms with E-state index in [4.69, 9.17) is 22.9 Å². The first-order valence-corrected chi connectivity index (χ1v) is 31.6. The van der Waals surface area contributed by atoms with Crippen LogP contribution in [-0.2, 0) is 38.9 Å². The van der Waals surface area contributed by atoms with Crippen LogP contribution in [0.3, 0.4) is 0 Å². The van der Waals surface area contributed by atoms with E-state index in [9.17, 15) is 4.79 Å². The number of anilines is 8. The highest BCUT2D eigenvalue weighted by molar-refractivity contribution is 9.10. The summed E-state index contributed by atoms with van der Waals surface area (Å²) < 4.78 is 6.33. The fourth-order valence-corrected chi connectivity index (χ4v) is 9.77. The third kappa shape index (κ3) is 17.6. The standard InChI is InChI=1S/C18H23BrN6.C18H24N6O.C18H24N6.C9H14N6/c1-3-5-10-21-18-23-15(20)14-16(24-18)25(17(19)22-14)11-13-8-6-12(4-2)7-9-13;1-3-5-10-20-17-22-15(19)14-16(23-17)24(18(25)21-14)11-13-8-6-12(4-2)7-9-13;1-3-5-10-20-18-22-16(19)15-17(23-18)24(12-21-15)11-14-8-6-13(4-2)7-9-14;1-2-3-4-11-9-14-7(10)6-8(15-9)13-5-12-6/h6-9H,3-5,10-11H2,1-2H3,(H3,20,21,23,24);6-9H,3-5,10-11H2,1-2H3,(H,21,25)(H3,19,20,22,23);6-9,12H,3-5,10-11H2,1-2H3,(H3,19,20,22,23);5H,2-4H2,1H3,(H4,10,11,12,13,14,15). The van der Waals surface area contributed by atoms with Gasteiger partial charge in [-0.05, 0) is 94.3 Å². The lowest BCUT2D eigenvalue weighted by molar-refractivity contribution is 0.776. The number of aromatic nitrogens is 16. The Balaban J connectivity index is 0.000000156. The summed E-state index contributed by atoms with van der Waals surface area (Å²) >= 11 is 3.53. The third-order valence-corrected chi connectivity index (χ3v) is 15.2. The van der Waals surface area contributed by atoms with Crippen molar-refractivity contribution in [2.24, 2.45) is 0 Å². The Bertz CT molecular complexity index is 4060. The normalized spacial score (nSPS) is 11.1. The molecule has 0 bridgehead atoms. The van der Waals surface area contributed by atoms with Crippen molar-refractivity contribution < 1.29 is 0 Å². The lowest BCUT2D eigenvalue weighted by Crippen LogP contribution is -2.18. The number of hydrogen-bond donors (Lipinski definition) is 10. The molecule has 11 aromatic rings. The molecule has 0 fully saturated rings. The molecule has 26 heteroatoms. The summed E-state index contributed by atoms with van der Waals surface area (Å²) in [6, 6.07) is 25.4. The summed E-state index contributed by atoms with van der Waals surface area (Å²) in [5.74, 6) is 3.62. The van der Waals surface area contributed by atoms with E-state index in [1.165, 1.54) is 27.8 Å². The molecule has 0 unspecified atom stereocenters.